The smallest absolute Gasteiger partial charge is 0.223 e. The summed E-state index contributed by atoms with van der Waals surface area (Å²) in [6, 6.07) is 16.7. The quantitative estimate of drug-likeness (QED) is 0.651. The summed E-state index contributed by atoms with van der Waals surface area (Å²) in [6.07, 6.45) is 0.971. The van der Waals surface area contributed by atoms with Gasteiger partial charge < -0.3 is 19.7 Å². The van der Waals surface area contributed by atoms with Gasteiger partial charge in [-0.25, -0.2) is 0 Å². The summed E-state index contributed by atoms with van der Waals surface area (Å²) in [5.74, 6) is 1.01. The number of nitrogens with zero attached hydrogens (tertiary/aromatic N) is 1. The molecule has 6 heteroatoms. The van der Waals surface area contributed by atoms with Crippen LogP contribution in [0.25, 0.3) is 0 Å². The van der Waals surface area contributed by atoms with Crippen molar-refractivity contribution in [2.45, 2.75) is 19.8 Å². The minimum Gasteiger partial charge on any atom is -0.455 e. The molecule has 2 rings (SSSR count). The molecule has 0 aliphatic carbocycles. The van der Waals surface area contributed by atoms with Crippen molar-refractivity contribution in [1.29, 1.82) is 0 Å². The molecule has 2 amide bonds. The number of benzene rings is 2. The highest BCUT2D eigenvalue weighted by Gasteiger charge is 2.17. The number of methoxy groups -OCH3 is 1. The van der Waals surface area contributed by atoms with E-state index in [4.69, 9.17) is 9.47 Å². The largest absolute Gasteiger partial charge is 0.455 e. The van der Waals surface area contributed by atoms with Crippen molar-refractivity contribution < 1.29 is 19.1 Å². The van der Waals surface area contributed by atoms with Gasteiger partial charge in [0.2, 0.25) is 11.8 Å². The molecule has 2 aromatic rings. The Labute approximate surface area is 160 Å². The number of anilines is 1. The Morgan fingerprint density at radius 1 is 1.04 bits per heavy atom. The molecule has 0 aliphatic rings. The molecule has 0 spiro atoms. The summed E-state index contributed by atoms with van der Waals surface area (Å²) in [6.45, 7) is 2.92. The van der Waals surface area contributed by atoms with Crippen LogP contribution in [0.4, 0.5) is 5.69 Å². The highest BCUT2D eigenvalue weighted by atomic mass is 16.5. The van der Waals surface area contributed by atoms with Gasteiger partial charge in [0.25, 0.3) is 0 Å². The first-order chi connectivity index (χ1) is 13.1. The van der Waals surface area contributed by atoms with Crippen LogP contribution >= 0.6 is 0 Å². The second-order valence-corrected chi connectivity index (χ2v) is 6.00. The molecule has 1 N–H and O–H groups in total. The summed E-state index contributed by atoms with van der Waals surface area (Å²) in [5.41, 5.74) is 0.640. The third kappa shape index (κ3) is 6.75. The zero-order valence-corrected chi connectivity index (χ0v) is 15.8. The van der Waals surface area contributed by atoms with E-state index < -0.39 is 0 Å². The van der Waals surface area contributed by atoms with E-state index in [2.05, 4.69) is 5.32 Å². The van der Waals surface area contributed by atoms with Crippen molar-refractivity contribution in [3.05, 3.63) is 54.6 Å². The Morgan fingerprint density at radius 3 is 2.44 bits per heavy atom. The second kappa shape index (κ2) is 11.0. The number of hydrogen-bond acceptors (Lipinski definition) is 4. The number of carbonyl (C=O) groups excluding carboxylic acids is 2. The standard InChI is InChI=1S/C21H26N2O4/c1-17(24)23(15-13-21(25)22-14-8-16-26-2)19-11-6-7-12-20(19)27-18-9-4-3-5-10-18/h3-7,9-12H,8,13-16H2,1-2H3,(H,22,25). The van der Waals surface area contributed by atoms with Crippen LogP contribution in [-0.2, 0) is 14.3 Å². The summed E-state index contributed by atoms with van der Waals surface area (Å²) >= 11 is 0. The number of amides is 2. The minimum atomic E-state index is -0.147. The topological polar surface area (TPSA) is 67.9 Å². The van der Waals surface area contributed by atoms with Gasteiger partial charge in [-0.1, -0.05) is 30.3 Å². The second-order valence-electron chi connectivity index (χ2n) is 6.00. The average molecular weight is 370 g/mol. The summed E-state index contributed by atoms with van der Waals surface area (Å²) in [7, 11) is 1.63. The van der Waals surface area contributed by atoms with Crippen LogP contribution < -0.4 is 15.0 Å². The Morgan fingerprint density at radius 2 is 1.74 bits per heavy atom. The minimum absolute atomic E-state index is 0.0983. The Bertz CT molecular complexity index is 734. The predicted molar refractivity (Wildman–Crippen MR) is 105 cm³/mol. The fourth-order valence-electron chi connectivity index (χ4n) is 2.58. The van der Waals surface area contributed by atoms with Gasteiger partial charge in [0.1, 0.15) is 5.75 Å². The molecule has 0 unspecified atom stereocenters. The van der Waals surface area contributed by atoms with Crippen LogP contribution in [0.5, 0.6) is 11.5 Å². The van der Waals surface area contributed by atoms with Gasteiger partial charge in [-0.2, -0.15) is 0 Å². The molecule has 0 atom stereocenters. The third-order valence-electron chi connectivity index (χ3n) is 3.92. The lowest BCUT2D eigenvalue weighted by Crippen LogP contribution is -2.34. The number of para-hydroxylation sites is 3. The van der Waals surface area contributed by atoms with Gasteiger partial charge in [0.15, 0.2) is 5.75 Å². The maximum absolute atomic E-state index is 12.2. The monoisotopic (exact) mass is 370 g/mol. The predicted octanol–water partition coefficient (Wildman–Crippen LogP) is 3.37. The van der Waals surface area contributed by atoms with Crippen molar-refractivity contribution in [1.82, 2.24) is 5.32 Å². The average Bonchev–Trinajstić information content (AvgIpc) is 2.67. The lowest BCUT2D eigenvalue weighted by Gasteiger charge is -2.23. The van der Waals surface area contributed by atoms with Crippen molar-refractivity contribution >= 4 is 17.5 Å². The van der Waals surface area contributed by atoms with Crippen molar-refractivity contribution in [3.63, 3.8) is 0 Å². The summed E-state index contributed by atoms with van der Waals surface area (Å²) in [5, 5.41) is 2.83. The lowest BCUT2D eigenvalue weighted by molar-refractivity contribution is -0.121. The lowest BCUT2D eigenvalue weighted by atomic mass is 10.2. The molecule has 0 heterocycles. The molecule has 0 aromatic heterocycles. The van der Waals surface area contributed by atoms with Crippen LogP contribution in [0, 0.1) is 0 Å². The molecule has 0 saturated heterocycles. The first-order valence-corrected chi connectivity index (χ1v) is 8.97. The zero-order valence-electron chi connectivity index (χ0n) is 15.8. The molecule has 0 radical (unpaired) electrons. The van der Waals surface area contributed by atoms with Crippen molar-refractivity contribution in [2.24, 2.45) is 0 Å². The Balaban J connectivity index is 2.04. The number of hydrogen-bond donors (Lipinski definition) is 1. The maximum Gasteiger partial charge on any atom is 0.223 e. The molecule has 0 bridgehead atoms. The highest BCUT2D eigenvalue weighted by molar-refractivity contribution is 5.94. The van der Waals surface area contributed by atoms with Crippen LogP contribution in [0.2, 0.25) is 0 Å². The molecule has 144 valence electrons. The number of nitrogens with one attached hydrogen (secondary N) is 1. The number of rotatable bonds is 10. The van der Waals surface area contributed by atoms with Crippen molar-refractivity contribution in [3.8, 4) is 11.5 Å². The molecular formula is C21H26N2O4. The van der Waals surface area contributed by atoms with Crippen LogP contribution in [-0.4, -0.2) is 38.6 Å². The first kappa shape index (κ1) is 20.5. The van der Waals surface area contributed by atoms with E-state index in [-0.39, 0.29) is 24.8 Å². The zero-order chi connectivity index (χ0) is 19.5. The van der Waals surface area contributed by atoms with Gasteiger partial charge >= 0.3 is 0 Å². The SMILES string of the molecule is COCCCNC(=O)CCN(C(C)=O)c1ccccc1Oc1ccccc1. The van der Waals surface area contributed by atoms with Crippen LogP contribution in [0.1, 0.15) is 19.8 Å². The summed E-state index contributed by atoms with van der Waals surface area (Å²) in [4.78, 5) is 25.8. The number of ether oxygens (including phenoxy) is 2. The molecule has 0 aliphatic heterocycles. The molecule has 0 fully saturated rings. The van der Waals surface area contributed by atoms with E-state index in [1.807, 2.05) is 54.6 Å². The fourth-order valence-corrected chi connectivity index (χ4v) is 2.58. The van der Waals surface area contributed by atoms with Crippen LogP contribution in [0.3, 0.4) is 0 Å². The highest BCUT2D eigenvalue weighted by Crippen LogP contribution is 2.32. The molecule has 0 saturated carbocycles. The van der Waals surface area contributed by atoms with Gasteiger partial charge in [0, 0.05) is 40.2 Å². The molecule has 2 aromatic carbocycles. The van der Waals surface area contributed by atoms with Gasteiger partial charge in [-0.15, -0.1) is 0 Å². The molecule has 27 heavy (non-hydrogen) atoms. The molecular weight excluding hydrogens is 344 g/mol. The van der Waals surface area contributed by atoms with Crippen molar-refractivity contribution in [2.75, 3.05) is 31.7 Å². The third-order valence-corrected chi connectivity index (χ3v) is 3.92. The molecule has 6 nitrogen and oxygen atoms in total. The first-order valence-electron chi connectivity index (χ1n) is 8.97. The van der Waals surface area contributed by atoms with E-state index in [0.29, 0.717) is 30.3 Å². The fraction of sp³-hybridized carbons (Fsp3) is 0.333. The van der Waals surface area contributed by atoms with Crippen LogP contribution in [0.15, 0.2) is 54.6 Å². The van der Waals surface area contributed by atoms with Gasteiger partial charge in [0.05, 0.1) is 5.69 Å². The Kier molecular flexibility index (Phi) is 8.32. The Hall–Kier alpha value is -2.86. The van der Waals surface area contributed by atoms with E-state index in [1.54, 1.807) is 12.0 Å². The van der Waals surface area contributed by atoms with E-state index in [0.717, 1.165) is 6.42 Å². The van der Waals surface area contributed by atoms with E-state index >= 15 is 0 Å². The normalized spacial score (nSPS) is 10.3. The van der Waals surface area contributed by atoms with Gasteiger partial charge in [-0.3, -0.25) is 9.59 Å². The maximum atomic E-state index is 12.2. The van der Waals surface area contributed by atoms with Gasteiger partial charge in [-0.05, 0) is 30.7 Å². The summed E-state index contributed by atoms with van der Waals surface area (Å²) < 4.78 is 10.9. The van der Waals surface area contributed by atoms with E-state index in [9.17, 15) is 9.59 Å². The van der Waals surface area contributed by atoms with E-state index in [1.165, 1.54) is 6.92 Å². The number of carbonyl (C=O) groups is 2.